The standard InChI is InChI=1S/C23H30N6O3S/c1-3-9-33-23-25-21(24-16-11-15(16)13-7-5-4-6-8-13)18-22(26-23)29(28-27-18)17-10-14(12-30)19(31)20(17)32-2/h4-8,14-17,19-20,30-31H,3,9-12H2,1-2H3,(H,24,25,26). The van der Waals surface area contributed by atoms with Gasteiger partial charge in [0.2, 0.25) is 0 Å². The zero-order valence-corrected chi connectivity index (χ0v) is 19.6. The molecule has 33 heavy (non-hydrogen) atoms. The number of aromatic nitrogens is 5. The second kappa shape index (κ2) is 9.54. The molecule has 2 fully saturated rings. The highest BCUT2D eigenvalue weighted by Gasteiger charge is 2.45. The van der Waals surface area contributed by atoms with Crippen LogP contribution < -0.4 is 5.32 Å². The van der Waals surface area contributed by atoms with E-state index in [1.165, 1.54) is 5.56 Å². The summed E-state index contributed by atoms with van der Waals surface area (Å²) in [5, 5.41) is 33.4. The number of ether oxygens (including phenoxy) is 1. The van der Waals surface area contributed by atoms with Gasteiger partial charge in [-0.3, -0.25) is 0 Å². The first-order valence-corrected chi connectivity index (χ1v) is 12.5. The van der Waals surface area contributed by atoms with Gasteiger partial charge in [-0.05, 0) is 24.8 Å². The summed E-state index contributed by atoms with van der Waals surface area (Å²) in [6.07, 6.45) is 1.34. The van der Waals surface area contributed by atoms with Crippen molar-refractivity contribution in [2.24, 2.45) is 5.92 Å². The Balaban J connectivity index is 1.48. The van der Waals surface area contributed by atoms with E-state index in [1.54, 1.807) is 23.6 Å². The van der Waals surface area contributed by atoms with E-state index in [1.807, 2.05) is 6.07 Å². The molecule has 0 amide bonds. The number of nitrogens with zero attached hydrogens (tertiary/aromatic N) is 5. The van der Waals surface area contributed by atoms with Crippen LogP contribution in [0, 0.1) is 5.92 Å². The third kappa shape index (κ3) is 4.32. The second-order valence-electron chi connectivity index (χ2n) is 8.85. The summed E-state index contributed by atoms with van der Waals surface area (Å²) < 4.78 is 7.33. The van der Waals surface area contributed by atoms with Gasteiger partial charge in [-0.25, -0.2) is 14.6 Å². The van der Waals surface area contributed by atoms with Crippen LogP contribution in [0.15, 0.2) is 35.5 Å². The Morgan fingerprint density at radius 3 is 2.76 bits per heavy atom. The van der Waals surface area contributed by atoms with Crippen LogP contribution in [0.2, 0.25) is 0 Å². The molecule has 1 aromatic carbocycles. The molecule has 2 saturated carbocycles. The third-order valence-corrected chi connectivity index (χ3v) is 7.70. The number of anilines is 1. The van der Waals surface area contributed by atoms with Crippen LogP contribution in [-0.4, -0.2) is 72.9 Å². The van der Waals surface area contributed by atoms with Crippen LogP contribution >= 0.6 is 11.8 Å². The van der Waals surface area contributed by atoms with E-state index < -0.39 is 12.2 Å². The van der Waals surface area contributed by atoms with Gasteiger partial charge in [0.1, 0.15) is 6.10 Å². The minimum atomic E-state index is -0.768. The first-order chi connectivity index (χ1) is 16.1. The molecule has 0 spiro atoms. The molecule has 0 aliphatic heterocycles. The van der Waals surface area contributed by atoms with Crippen molar-refractivity contribution in [3.05, 3.63) is 35.9 Å². The van der Waals surface area contributed by atoms with Crippen LogP contribution in [0.3, 0.4) is 0 Å². The molecule has 5 rings (SSSR count). The number of fused-ring (bicyclic) bond motifs is 1. The minimum Gasteiger partial charge on any atom is -0.396 e. The van der Waals surface area contributed by atoms with E-state index in [0.29, 0.717) is 40.5 Å². The number of benzene rings is 1. The molecule has 10 heteroatoms. The van der Waals surface area contributed by atoms with Gasteiger partial charge < -0.3 is 20.3 Å². The van der Waals surface area contributed by atoms with Crippen molar-refractivity contribution in [2.75, 3.05) is 24.8 Å². The lowest BCUT2D eigenvalue weighted by atomic mass is 10.1. The van der Waals surface area contributed by atoms with Crippen LogP contribution in [0.1, 0.15) is 43.7 Å². The van der Waals surface area contributed by atoms with Crippen LogP contribution in [0.25, 0.3) is 11.2 Å². The molecule has 9 nitrogen and oxygen atoms in total. The number of aliphatic hydroxyl groups excluding tert-OH is 2. The van der Waals surface area contributed by atoms with Gasteiger partial charge in [-0.15, -0.1) is 5.10 Å². The van der Waals surface area contributed by atoms with Gasteiger partial charge in [0.25, 0.3) is 0 Å². The topological polar surface area (TPSA) is 118 Å². The highest BCUT2D eigenvalue weighted by atomic mass is 32.2. The van der Waals surface area contributed by atoms with Crippen LogP contribution in [0.4, 0.5) is 5.82 Å². The largest absolute Gasteiger partial charge is 0.396 e. The highest BCUT2D eigenvalue weighted by molar-refractivity contribution is 7.99. The Hall–Kier alpha value is -2.27. The van der Waals surface area contributed by atoms with Crippen molar-refractivity contribution in [3.63, 3.8) is 0 Å². The second-order valence-corrected chi connectivity index (χ2v) is 9.91. The van der Waals surface area contributed by atoms with Crippen molar-refractivity contribution in [2.45, 2.75) is 61.6 Å². The summed E-state index contributed by atoms with van der Waals surface area (Å²) in [6.45, 7) is 2.02. The SMILES string of the molecule is CCCSc1nc(NC2CC2c2ccccc2)c2nnn(C3CC(CO)C(O)C3OC)c2n1. The quantitative estimate of drug-likeness (QED) is 0.320. The molecule has 3 N–H and O–H groups in total. The van der Waals surface area contributed by atoms with E-state index in [0.717, 1.165) is 18.6 Å². The zero-order valence-electron chi connectivity index (χ0n) is 18.8. The first-order valence-electron chi connectivity index (χ1n) is 11.5. The summed E-state index contributed by atoms with van der Waals surface area (Å²) in [6, 6.07) is 10.5. The monoisotopic (exact) mass is 470 g/mol. The number of thioether (sulfide) groups is 1. The van der Waals surface area contributed by atoms with E-state index in [4.69, 9.17) is 14.7 Å². The van der Waals surface area contributed by atoms with Gasteiger partial charge in [-0.1, -0.05) is 54.2 Å². The number of hydrogen-bond donors (Lipinski definition) is 3. The maximum atomic E-state index is 10.6. The molecule has 0 bridgehead atoms. The third-order valence-electron chi connectivity index (χ3n) is 6.64. The summed E-state index contributed by atoms with van der Waals surface area (Å²) in [4.78, 5) is 9.55. The predicted octanol–water partition coefficient (Wildman–Crippen LogP) is 2.62. The smallest absolute Gasteiger partial charge is 0.191 e. The predicted molar refractivity (Wildman–Crippen MR) is 126 cm³/mol. The molecule has 2 aliphatic rings. The van der Waals surface area contributed by atoms with Crippen LogP contribution in [-0.2, 0) is 4.74 Å². The average Bonchev–Trinajstić information content (AvgIpc) is 3.35. The summed E-state index contributed by atoms with van der Waals surface area (Å²) in [5.74, 6) is 1.79. The van der Waals surface area contributed by atoms with E-state index in [9.17, 15) is 10.2 Å². The maximum Gasteiger partial charge on any atom is 0.191 e. The molecule has 2 heterocycles. The summed E-state index contributed by atoms with van der Waals surface area (Å²) in [5.41, 5.74) is 2.56. The van der Waals surface area contributed by atoms with Crippen molar-refractivity contribution in [3.8, 4) is 0 Å². The fourth-order valence-electron chi connectivity index (χ4n) is 4.79. The van der Waals surface area contributed by atoms with Gasteiger partial charge in [0.05, 0.1) is 12.1 Å². The lowest BCUT2D eigenvalue weighted by Crippen LogP contribution is -2.32. The zero-order chi connectivity index (χ0) is 22.9. The molecule has 6 atom stereocenters. The summed E-state index contributed by atoms with van der Waals surface area (Å²) >= 11 is 1.61. The number of nitrogens with one attached hydrogen (secondary N) is 1. The fraction of sp³-hybridized carbons (Fsp3) is 0.565. The van der Waals surface area contributed by atoms with E-state index in [-0.39, 0.29) is 18.6 Å². The fourth-order valence-corrected chi connectivity index (χ4v) is 5.48. The van der Waals surface area contributed by atoms with Crippen LogP contribution in [0.5, 0.6) is 0 Å². The Labute approximate surface area is 197 Å². The lowest BCUT2D eigenvalue weighted by molar-refractivity contribution is -0.0308. The van der Waals surface area contributed by atoms with Crippen molar-refractivity contribution < 1.29 is 14.9 Å². The van der Waals surface area contributed by atoms with Crippen molar-refractivity contribution in [1.29, 1.82) is 0 Å². The van der Waals surface area contributed by atoms with Crippen molar-refractivity contribution in [1.82, 2.24) is 25.0 Å². The highest BCUT2D eigenvalue weighted by Crippen LogP contribution is 2.44. The molecule has 3 aromatic rings. The lowest BCUT2D eigenvalue weighted by Gasteiger charge is -2.21. The Morgan fingerprint density at radius 1 is 1.21 bits per heavy atom. The first kappa shape index (κ1) is 22.5. The minimum absolute atomic E-state index is 0.105. The average molecular weight is 471 g/mol. The van der Waals surface area contributed by atoms with Gasteiger partial charge in [0, 0.05) is 37.3 Å². The maximum absolute atomic E-state index is 10.6. The normalized spacial score (nSPS) is 29.0. The molecule has 0 saturated heterocycles. The Bertz CT molecular complexity index is 1100. The van der Waals surface area contributed by atoms with E-state index >= 15 is 0 Å². The molecular weight excluding hydrogens is 440 g/mol. The molecule has 6 unspecified atom stereocenters. The summed E-state index contributed by atoms with van der Waals surface area (Å²) in [7, 11) is 1.57. The Kier molecular flexibility index (Phi) is 6.51. The van der Waals surface area contributed by atoms with Crippen molar-refractivity contribution >= 4 is 28.7 Å². The molecule has 176 valence electrons. The molecule has 2 aliphatic carbocycles. The molecule has 0 radical (unpaired) electrons. The number of hydrogen-bond acceptors (Lipinski definition) is 9. The number of methoxy groups -OCH3 is 1. The van der Waals surface area contributed by atoms with Gasteiger partial charge >= 0.3 is 0 Å². The molecular formula is C23H30N6O3S. The Morgan fingerprint density at radius 2 is 2.03 bits per heavy atom. The van der Waals surface area contributed by atoms with Gasteiger partial charge in [0.15, 0.2) is 22.1 Å². The number of rotatable bonds is 9. The molecule has 2 aromatic heterocycles. The van der Waals surface area contributed by atoms with E-state index in [2.05, 4.69) is 46.8 Å². The van der Waals surface area contributed by atoms with Gasteiger partial charge in [-0.2, -0.15) is 0 Å². The number of aliphatic hydroxyl groups is 2.